The second-order valence-corrected chi connectivity index (χ2v) is 4.61. The lowest BCUT2D eigenvalue weighted by atomic mass is 9.77. The Bertz CT molecular complexity index is 249. The van der Waals surface area contributed by atoms with Gasteiger partial charge in [0.1, 0.15) is 0 Å². The Balaban J connectivity index is 1.85. The van der Waals surface area contributed by atoms with Crippen LogP contribution < -0.4 is 0 Å². The van der Waals surface area contributed by atoms with Gasteiger partial charge in [-0.3, -0.25) is 0 Å². The maximum Gasteiger partial charge on any atom is -0.0136 e. The molecule has 0 amide bonds. The number of allylic oxidation sites excluding steroid dienone is 4. The third-order valence-electron chi connectivity index (χ3n) is 3.96. The van der Waals surface area contributed by atoms with Crippen molar-refractivity contribution in [2.45, 2.75) is 25.7 Å². The van der Waals surface area contributed by atoms with Gasteiger partial charge in [0.05, 0.1) is 0 Å². The summed E-state index contributed by atoms with van der Waals surface area (Å²) in [6.07, 6.45) is 18.4. The molecule has 0 aromatic carbocycles. The van der Waals surface area contributed by atoms with Crippen LogP contribution in [-0.2, 0) is 0 Å². The molecule has 3 rings (SSSR count). The molecule has 0 nitrogen and oxygen atoms in total. The predicted molar refractivity (Wildman–Crippen MR) is 54.0 cm³/mol. The summed E-state index contributed by atoms with van der Waals surface area (Å²) < 4.78 is 0. The molecule has 3 aliphatic carbocycles. The monoisotopic (exact) mass is 172 g/mol. The van der Waals surface area contributed by atoms with Crippen molar-refractivity contribution in [1.82, 2.24) is 0 Å². The maximum absolute atomic E-state index is 3.67. The zero-order valence-corrected chi connectivity index (χ0v) is 7.95. The molecule has 4 unspecified atom stereocenters. The highest BCUT2D eigenvalue weighted by Gasteiger charge is 2.42. The van der Waals surface area contributed by atoms with Crippen LogP contribution in [0.4, 0.5) is 0 Å². The van der Waals surface area contributed by atoms with Crippen LogP contribution in [0.15, 0.2) is 24.3 Å². The maximum atomic E-state index is 3.67. The van der Waals surface area contributed by atoms with E-state index in [4.69, 9.17) is 0 Å². The Kier molecular flexibility index (Phi) is 1.81. The van der Waals surface area contributed by atoms with Gasteiger partial charge in [0.2, 0.25) is 0 Å². The van der Waals surface area contributed by atoms with Crippen LogP contribution in [0.3, 0.4) is 0 Å². The highest BCUT2D eigenvalue weighted by atomic mass is 14.5. The molecular formula is C13H16. The largest absolute Gasteiger partial charge is 0.0808 e. The van der Waals surface area contributed by atoms with E-state index in [1.54, 1.807) is 0 Å². The first-order valence-corrected chi connectivity index (χ1v) is 5.53. The Morgan fingerprint density at radius 2 is 2.08 bits per heavy atom. The van der Waals surface area contributed by atoms with Crippen LogP contribution in [0.1, 0.15) is 25.7 Å². The molecule has 0 aliphatic heterocycles. The fraction of sp³-hybridized carbons (Fsp3) is 0.615. The highest BCUT2D eigenvalue weighted by molar-refractivity contribution is 5.19. The first kappa shape index (κ1) is 7.84. The normalized spacial score (nSPS) is 47.4. The van der Waals surface area contributed by atoms with Gasteiger partial charge in [0.15, 0.2) is 0 Å². The van der Waals surface area contributed by atoms with Gasteiger partial charge in [-0.1, -0.05) is 30.7 Å². The van der Waals surface area contributed by atoms with Crippen molar-refractivity contribution in [3.05, 3.63) is 30.7 Å². The molecule has 0 saturated heterocycles. The molecule has 2 radical (unpaired) electrons. The van der Waals surface area contributed by atoms with E-state index in [9.17, 15) is 0 Å². The number of hydrogen-bond acceptors (Lipinski definition) is 0. The van der Waals surface area contributed by atoms with Crippen molar-refractivity contribution in [1.29, 1.82) is 0 Å². The lowest BCUT2D eigenvalue weighted by Crippen LogP contribution is -2.19. The minimum atomic E-state index is 0.816. The van der Waals surface area contributed by atoms with E-state index in [0.29, 0.717) is 0 Å². The lowest BCUT2D eigenvalue weighted by molar-refractivity contribution is 0.300. The molecule has 0 aromatic rings. The second-order valence-electron chi connectivity index (χ2n) is 4.61. The number of fused-ring (bicyclic) bond motifs is 3. The lowest BCUT2D eigenvalue weighted by Gasteiger charge is -2.28. The van der Waals surface area contributed by atoms with E-state index in [1.807, 2.05) is 0 Å². The molecule has 13 heavy (non-hydrogen) atoms. The topological polar surface area (TPSA) is 0 Å². The molecule has 4 atom stereocenters. The smallest absolute Gasteiger partial charge is 0.0136 e. The number of hydrogen-bond donors (Lipinski definition) is 0. The summed E-state index contributed by atoms with van der Waals surface area (Å²) in [4.78, 5) is 0. The Hall–Kier alpha value is -0.520. The molecular weight excluding hydrogens is 156 g/mol. The molecule has 2 fully saturated rings. The van der Waals surface area contributed by atoms with Crippen molar-refractivity contribution in [3.63, 3.8) is 0 Å². The van der Waals surface area contributed by atoms with E-state index in [1.165, 1.54) is 25.7 Å². The van der Waals surface area contributed by atoms with Crippen LogP contribution in [-0.4, -0.2) is 0 Å². The molecule has 3 aliphatic rings. The summed E-state index contributed by atoms with van der Waals surface area (Å²) in [5, 5.41) is 0. The standard InChI is InChI=1S/C13H16/c1-3-7-12-10(5-1)9-11-6-2-4-8-13(11)12/h1,3,5,7,10-13H,2,4,8-9H2. The van der Waals surface area contributed by atoms with E-state index < -0.39 is 0 Å². The summed E-state index contributed by atoms with van der Waals surface area (Å²) in [7, 11) is 0. The van der Waals surface area contributed by atoms with E-state index >= 15 is 0 Å². The average Bonchev–Trinajstić information content (AvgIpc) is 2.56. The van der Waals surface area contributed by atoms with Crippen LogP contribution in [0.25, 0.3) is 0 Å². The average molecular weight is 172 g/mol. The molecule has 68 valence electrons. The van der Waals surface area contributed by atoms with Gasteiger partial charge in [-0.05, 0) is 49.4 Å². The molecule has 0 N–H and O–H groups in total. The minimum absolute atomic E-state index is 0.816. The molecule has 2 saturated carbocycles. The fourth-order valence-electron chi connectivity index (χ4n) is 3.36. The second kappa shape index (κ2) is 3.01. The van der Waals surface area contributed by atoms with Gasteiger partial charge in [-0.15, -0.1) is 0 Å². The zero-order valence-electron chi connectivity index (χ0n) is 7.95. The summed E-state index contributed by atoms with van der Waals surface area (Å²) >= 11 is 0. The minimum Gasteiger partial charge on any atom is -0.0808 e. The SMILES string of the molecule is [C]1CCCC2C1CC1C=CC=CC12. The Morgan fingerprint density at radius 1 is 1.15 bits per heavy atom. The fourth-order valence-corrected chi connectivity index (χ4v) is 3.36. The van der Waals surface area contributed by atoms with E-state index in [-0.39, 0.29) is 0 Å². The highest BCUT2D eigenvalue weighted by Crippen LogP contribution is 2.50. The summed E-state index contributed by atoms with van der Waals surface area (Å²) in [6.45, 7) is 0. The van der Waals surface area contributed by atoms with Gasteiger partial charge in [0, 0.05) is 0 Å². The Labute approximate surface area is 80.7 Å². The van der Waals surface area contributed by atoms with Crippen molar-refractivity contribution in [2.75, 3.05) is 0 Å². The van der Waals surface area contributed by atoms with Gasteiger partial charge < -0.3 is 0 Å². The molecule has 0 heteroatoms. The third-order valence-corrected chi connectivity index (χ3v) is 3.96. The first-order valence-electron chi connectivity index (χ1n) is 5.53. The number of rotatable bonds is 0. The van der Waals surface area contributed by atoms with Gasteiger partial charge in [-0.2, -0.15) is 0 Å². The Morgan fingerprint density at radius 3 is 3.08 bits per heavy atom. The van der Waals surface area contributed by atoms with E-state index in [2.05, 4.69) is 30.7 Å². The zero-order chi connectivity index (χ0) is 8.67. The van der Waals surface area contributed by atoms with Crippen LogP contribution in [0, 0.1) is 30.1 Å². The quantitative estimate of drug-likeness (QED) is 0.526. The van der Waals surface area contributed by atoms with E-state index in [0.717, 1.165) is 23.7 Å². The predicted octanol–water partition coefficient (Wildman–Crippen LogP) is 3.25. The molecule has 0 heterocycles. The van der Waals surface area contributed by atoms with Gasteiger partial charge >= 0.3 is 0 Å². The van der Waals surface area contributed by atoms with Crippen molar-refractivity contribution in [3.8, 4) is 0 Å². The van der Waals surface area contributed by atoms with Crippen molar-refractivity contribution < 1.29 is 0 Å². The first-order chi connectivity index (χ1) is 6.45. The van der Waals surface area contributed by atoms with Crippen LogP contribution in [0.5, 0.6) is 0 Å². The van der Waals surface area contributed by atoms with Crippen molar-refractivity contribution >= 4 is 0 Å². The summed E-state index contributed by atoms with van der Waals surface area (Å²) in [5.41, 5.74) is 0. The van der Waals surface area contributed by atoms with Crippen LogP contribution >= 0.6 is 0 Å². The summed E-state index contributed by atoms with van der Waals surface area (Å²) in [5.74, 6) is 3.43. The van der Waals surface area contributed by atoms with Gasteiger partial charge in [-0.25, -0.2) is 0 Å². The third kappa shape index (κ3) is 1.19. The van der Waals surface area contributed by atoms with Crippen LogP contribution in [0.2, 0.25) is 0 Å². The summed E-state index contributed by atoms with van der Waals surface area (Å²) in [6, 6.07) is 0. The van der Waals surface area contributed by atoms with Crippen molar-refractivity contribution in [2.24, 2.45) is 23.7 Å². The van der Waals surface area contributed by atoms with Gasteiger partial charge in [0.25, 0.3) is 0 Å². The molecule has 0 aromatic heterocycles. The molecule has 0 spiro atoms. The molecule has 0 bridgehead atoms.